The first-order chi connectivity index (χ1) is 8.60. The number of carbonyl (C=O) groups excluding carboxylic acids is 2. The molecule has 6 heteroatoms. The summed E-state index contributed by atoms with van der Waals surface area (Å²) in [7, 11) is 0. The smallest absolute Gasteiger partial charge is 0.258 e. The Hall–Kier alpha value is -1.36. The van der Waals surface area contributed by atoms with Crippen LogP contribution in [0.4, 0.5) is 5.69 Å². The van der Waals surface area contributed by atoms with E-state index in [-0.39, 0.29) is 5.91 Å². The summed E-state index contributed by atoms with van der Waals surface area (Å²) in [6.07, 6.45) is 0.712. The van der Waals surface area contributed by atoms with Gasteiger partial charge in [0.1, 0.15) is 10.6 Å². The van der Waals surface area contributed by atoms with Crippen LogP contribution in [0.25, 0.3) is 0 Å². The largest absolute Gasteiger partial charge is 0.322 e. The summed E-state index contributed by atoms with van der Waals surface area (Å²) >= 11 is 12.8. The number of rotatable bonds is 3. The molecule has 0 radical (unpaired) electrons. The van der Waals surface area contributed by atoms with Crippen LogP contribution >= 0.6 is 34.5 Å². The van der Waals surface area contributed by atoms with E-state index in [9.17, 15) is 9.59 Å². The molecule has 0 bridgehead atoms. The van der Waals surface area contributed by atoms with Gasteiger partial charge in [0.25, 0.3) is 5.91 Å². The van der Waals surface area contributed by atoms with Gasteiger partial charge in [-0.1, -0.05) is 35.3 Å². The lowest BCUT2D eigenvalue weighted by Crippen LogP contribution is -2.11. The molecule has 1 amide bonds. The molecule has 2 rings (SSSR count). The Balaban J connectivity index is 2.21. The van der Waals surface area contributed by atoms with Crippen molar-refractivity contribution in [1.82, 2.24) is 0 Å². The number of hydrogen-bond donors (Lipinski definition) is 1. The molecule has 0 aliphatic heterocycles. The van der Waals surface area contributed by atoms with Gasteiger partial charge in [-0.25, -0.2) is 0 Å². The van der Waals surface area contributed by atoms with Gasteiger partial charge in [-0.15, -0.1) is 11.3 Å². The number of benzene rings is 1. The van der Waals surface area contributed by atoms with Crippen LogP contribution in [0, 0.1) is 0 Å². The van der Waals surface area contributed by atoms with Crippen LogP contribution in [0.3, 0.4) is 0 Å². The molecule has 92 valence electrons. The van der Waals surface area contributed by atoms with E-state index in [1.54, 1.807) is 24.3 Å². The normalized spacial score (nSPS) is 10.1. The summed E-state index contributed by atoms with van der Waals surface area (Å²) in [5.41, 5.74) is 1.34. The van der Waals surface area contributed by atoms with E-state index in [2.05, 4.69) is 5.32 Å². The van der Waals surface area contributed by atoms with Gasteiger partial charge in [-0.3, -0.25) is 9.59 Å². The maximum atomic E-state index is 11.9. The molecule has 3 nitrogen and oxygen atoms in total. The highest BCUT2D eigenvalue weighted by molar-refractivity contribution is 7.20. The number of amides is 1. The molecule has 0 aliphatic rings. The first-order valence-electron chi connectivity index (χ1n) is 4.91. The third-order valence-electron chi connectivity index (χ3n) is 2.18. The molecule has 2 aromatic rings. The third-order valence-corrected chi connectivity index (χ3v) is 3.67. The fraction of sp³-hybridized carbons (Fsp3) is 0. The molecule has 0 saturated heterocycles. The van der Waals surface area contributed by atoms with E-state index in [4.69, 9.17) is 23.2 Å². The summed E-state index contributed by atoms with van der Waals surface area (Å²) in [5.74, 6) is -0.355. The molecule has 1 aromatic heterocycles. The first kappa shape index (κ1) is 13.1. The molecule has 1 N–H and O–H groups in total. The standard InChI is InChI=1S/C12H7Cl2NO2S/c13-10-5-9(11(14)18-10)12(17)15-8-3-1-2-7(4-8)6-16/h1-6H,(H,15,17). The molecule has 0 aliphatic carbocycles. The van der Waals surface area contributed by atoms with E-state index >= 15 is 0 Å². The fourth-order valence-electron chi connectivity index (χ4n) is 1.38. The number of thiophene rings is 1. The zero-order valence-electron chi connectivity index (χ0n) is 8.94. The highest BCUT2D eigenvalue weighted by Gasteiger charge is 2.14. The maximum Gasteiger partial charge on any atom is 0.258 e. The first-order valence-corrected chi connectivity index (χ1v) is 6.49. The monoisotopic (exact) mass is 299 g/mol. The second-order valence-corrected chi connectivity index (χ2v) is 5.72. The number of hydrogen-bond acceptors (Lipinski definition) is 3. The predicted octanol–water partition coefficient (Wildman–Crippen LogP) is 4.12. The molecule has 0 atom stereocenters. The minimum atomic E-state index is -0.355. The van der Waals surface area contributed by atoms with Crippen LogP contribution in [-0.2, 0) is 0 Å². The molecule has 1 heterocycles. The molecule has 0 saturated carbocycles. The lowest BCUT2D eigenvalue weighted by molar-refractivity contribution is 0.102. The zero-order chi connectivity index (χ0) is 13.1. The number of aldehydes is 1. The Kier molecular flexibility index (Phi) is 4.01. The van der Waals surface area contributed by atoms with E-state index in [1.165, 1.54) is 6.07 Å². The van der Waals surface area contributed by atoms with Crippen molar-refractivity contribution in [3.8, 4) is 0 Å². The summed E-state index contributed by atoms with van der Waals surface area (Å²) in [6.45, 7) is 0. The lowest BCUT2D eigenvalue weighted by atomic mass is 10.2. The number of anilines is 1. The van der Waals surface area contributed by atoms with Gasteiger partial charge in [-0.2, -0.15) is 0 Å². The zero-order valence-corrected chi connectivity index (χ0v) is 11.3. The van der Waals surface area contributed by atoms with Gasteiger partial charge in [0.2, 0.25) is 0 Å². The van der Waals surface area contributed by atoms with Crippen LogP contribution < -0.4 is 5.32 Å². The molecular formula is C12H7Cl2NO2S. The average Bonchev–Trinajstić information content (AvgIpc) is 2.69. The van der Waals surface area contributed by atoms with Crippen LogP contribution in [-0.4, -0.2) is 12.2 Å². The van der Waals surface area contributed by atoms with Crippen molar-refractivity contribution >= 4 is 52.4 Å². The lowest BCUT2D eigenvalue weighted by Gasteiger charge is -2.04. The summed E-state index contributed by atoms with van der Waals surface area (Å²) < 4.78 is 0.788. The highest BCUT2D eigenvalue weighted by Crippen LogP contribution is 2.31. The van der Waals surface area contributed by atoms with Crippen molar-refractivity contribution in [2.45, 2.75) is 0 Å². The number of halogens is 2. The van der Waals surface area contributed by atoms with Gasteiger partial charge >= 0.3 is 0 Å². The van der Waals surface area contributed by atoms with Gasteiger partial charge < -0.3 is 5.32 Å². The van der Waals surface area contributed by atoms with E-state index < -0.39 is 0 Å². The summed E-state index contributed by atoms with van der Waals surface area (Å²) in [6, 6.07) is 8.10. The average molecular weight is 300 g/mol. The number of nitrogens with one attached hydrogen (secondary N) is 1. The van der Waals surface area contributed by atoms with Crippen LogP contribution in [0.15, 0.2) is 30.3 Å². The Bertz CT molecular complexity index is 610. The maximum absolute atomic E-state index is 11.9. The summed E-state index contributed by atoms with van der Waals surface area (Å²) in [5, 5.41) is 2.65. The van der Waals surface area contributed by atoms with E-state index in [0.29, 0.717) is 31.8 Å². The van der Waals surface area contributed by atoms with Crippen LogP contribution in [0.2, 0.25) is 8.67 Å². The topological polar surface area (TPSA) is 46.2 Å². The molecule has 0 unspecified atom stereocenters. The molecule has 1 aromatic carbocycles. The molecule has 0 spiro atoms. The quantitative estimate of drug-likeness (QED) is 0.867. The van der Waals surface area contributed by atoms with Crippen molar-refractivity contribution in [3.05, 3.63) is 50.1 Å². The second kappa shape index (κ2) is 5.52. The van der Waals surface area contributed by atoms with Gasteiger partial charge in [0.05, 0.1) is 9.90 Å². The number of carbonyl (C=O) groups is 2. The van der Waals surface area contributed by atoms with Crippen LogP contribution in [0.5, 0.6) is 0 Å². The molecular weight excluding hydrogens is 293 g/mol. The minimum absolute atomic E-state index is 0.322. The Morgan fingerprint density at radius 2 is 2.06 bits per heavy atom. The highest BCUT2D eigenvalue weighted by atomic mass is 35.5. The van der Waals surface area contributed by atoms with Crippen molar-refractivity contribution in [2.24, 2.45) is 0 Å². The van der Waals surface area contributed by atoms with Gasteiger partial charge in [0.15, 0.2) is 0 Å². The Morgan fingerprint density at radius 3 is 2.67 bits per heavy atom. The van der Waals surface area contributed by atoms with Crippen molar-refractivity contribution in [3.63, 3.8) is 0 Å². The van der Waals surface area contributed by atoms with E-state index in [1.807, 2.05) is 0 Å². The summed E-state index contributed by atoms with van der Waals surface area (Å²) in [4.78, 5) is 22.5. The van der Waals surface area contributed by atoms with Crippen molar-refractivity contribution < 1.29 is 9.59 Å². The third kappa shape index (κ3) is 2.90. The Morgan fingerprint density at radius 1 is 1.28 bits per heavy atom. The van der Waals surface area contributed by atoms with Crippen molar-refractivity contribution in [2.75, 3.05) is 5.32 Å². The second-order valence-electron chi connectivity index (χ2n) is 3.44. The predicted molar refractivity (Wildman–Crippen MR) is 74.1 cm³/mol. The van der Waals surface area contributed by atoms with Crippen molar-refractivity contribution in [1.29, 1.82) is 0 Å². The van der Waals surface area contributed by atoms with E-state index in [0.717, 1.165) is 11.3 Å². The minimum Gasteiger partial charge on any atom is -0.322 e. The Labute approximate surface area is 117 Å². The molecule has 0 fully saturated rings. The van der Waals surface area contributed by atoms with Gasteiger partial charge in [0, 0.05) is 11.3 Å². The van der Waals surface area contributed by atoms with Crippen LogP contribution in [0.1, 0.15) is 20.7 Å². The van der Waals surface area contributed by atoms with Gasteiger partial charge in [-0.05, 0) is 18.2 Å². The SMILES string of the molecule is O=Cc1cccc(NC(=O)c2cc(Cl)sc2Cl)c1. The molecule has 18 heavy (non-hydrogen) atoms. The fourth-order valence-corrected chi connectivity index (χ4v) is 2.84.